The summed E-state index contributed by atoms with van der Waals surface area (Å²) in [6.07, 6.45) is 1.85. The number of aromatic nitrogens is 2. The van der Waals surface area contributed by atoms with Gasteiger partial charge in [-0.2, -0.15) is 0 Å². The third-order valence-electron chi connectivity index (χ3n) is 14.5. The van der Waals surface area contributed by atoms with Crippen molar-refractivity contribution in [2.75, 3.05) is 16.5 Å². The summed E-state index contributed by atoms with van der Waals surface area (Å²) in [5, 5.41) is 2.14. The second-order valence-electron chi connectivity index (χ2n) is 22.8. The molecule has 0 radical (unpaired) electrons. The highest BCUT2D eigenvalue weighted by molar-refractivity contribution is 6.09. The highest BCUT2D eigenvalue weighted by atomic mass is 19.2. The van der Waals surface area contributed by atoms with Crippen molar-refractivity contribution in [1.82, 2.24) is 9.55 Å². The van der Waals surface area contributed by atoms with Crippen molar-refractivity contribution in [3.8, 4) is 50.7 Å². The predicted octanol–water partition coefficient (Wildman–Crippen LogP) is 18.8. The topological polar surface area (TPSA) is 33.5 Å². The molecule has 0 saturated carbocycles. The maximum absolute atomic E-state index is 16.7. The Morgan fingerprint density at radius 1 is 0.434 bits per heavy atom. The van der Waals surface area contributed by atoms with Gasteiger partial charge in [0.1, 0.15) is 24.0 Å². The maximum Gasteiger partial charge on any atom is 0.200 e. The molecule has 0 spiro atoms. The van der Waals surface area contributed by atoms with E-state index in [-0.39, 0.29) is 34.2 Å². The van der Waals surface area contributed by atoms with E-state index in [0.717, 1.165) is 61.3 Å². The van der Waals surface area contributed by atoms with Crippen LogP contribution in [-0.4, -0.2) is 16.2 Å². The second kappa shape index (κ2) is 18.5. The molecule has 0 atom stereocenters. The van der Waals surface area contributed by atoms with Crippen LogP contribution >= 0.6 is 0 Å². The molecule has 0 bridgehead atoms. The first-order valence-corrected chi connectivity index (χ1v) is 25.5. The van der Waals surface area contributed by atoms with Crippen LogP contribution in [0.5, 0.6) is 11.5 Å². The highest BCUT2D eigenvalue weighted by Gasteiger charge is 2.36. The lowest BCUT2D eigenvalue weighted by Gasteiger charge is -2.30. The third-order valence-corrected chi connectivity index (χ3v) is 14.5. The lowest BCUT2D eigenvalue weighted by atomic mass is 9.78. The normalized spacial score (nSPS) is 13.0. The Kier molecular flexibility index (Phi) is 12.2. The average Bonchev–Trinajstić information content (AvgIpc) is 3.98. The average molecular weight is 1020 g/mol. The Bertz CT molecular complexity index is 3860. The van der Waals surface area contributed by atoms with Crippen LogP contribution in [0.1, 0.15) is 79.0 Å². The molecule has 0 saturated heterocycles. The van der Waals surface area contributed by atoms with Gasteiger partial charge in [0.15, 0.2) is 23.3 Å². The van der Waals surface area contributed by atoms with Gasteiger partial charge in [-0.05, 0) is 116 Å². The molecule has 2 aromatic heterocycles. The van der Waals surface area contributed by atoms with E-state index in [1.54, 1.807) is 0 Å². The fourth-order valence-electron chi connectivity index (χ4n) is 10.4. The summed E-state index contributed by atoms with van der Waals surface area (Å²) in [5.41, 5.74) is 8.06. The second-order valence-corrected chi connectivity index (χ2v) is 22.8. The van der Waals surface area contributed by atoms with E-state index in [0.29, 0.717) is 33.9 Å². The molecule has 10 heteroatoms. The number of benzene rings is 8. The van der Waals surface area contributed by atoms with Gasteiger partial charge in [-0.1, -0.05) is 147 Å². The summed E-state index contributed by atoms with van der Waals surface area (Å²) in [4.78, 5) is 8.82. The first-order chi connectivity index (χ1) is 36.2. The van der Waals surface area contributed by atoms with Gasteiger partial charge in [0.25, 0.3) is 0 Å². The van der Waals surface area contributed by atoms with Gasteiger partial charge in [0, 0.05) is 45.9 Å². The Morgan fingerprint density at radius 2 is 1.01 bits per heavy atom. The zero-order chi connectivity index (χ0) is 53.6. The number of fused-ring (bicyclic) bond motifs is 4. The SMILES string of the molecule is CC(C)(C)c1cc(-c2cc(-c3ccccc3)cc(-c3c(F)c(F)c(F)c(F)c3F)c2N2CN(c3cccc(Oc4ccc5c6ccccc6n(-c6cc(C(C)(C)C)ccn6)c5c4)c3)c3ccccc32)cc(C(C)(C)C)c1. The van der Waals surface area contributed by atoms with Crippen LogP contribution in [0.3, 0.4) is 0 Å². The molecule has 0 aliphatic carbocycles. The van der Waals surface area contributed by atoms with E-state index >= 15 is 17.6 Å². The molecule has 382 valence electrons. The summed E-state index contributed by atoms with van der Waals surface area (Å²) in [6, 6.07) is 52.9. The van der Waals surface area contributed by atoms with Crippen molar-refractivity contribution < 1.29 is 26.7 Å². The monoisotopic (exact) mass is 1020 g/mol. The molecule has 1 aliphatic heterocycles. The van der Waals surface area contributed by atoms with Gasteiger partial charge in [-0.3, -0.25) is 4.57 Å². The Hall–Kier alpha value is -8.24. The number of pyridine rings is 1. The molecule has 10 aromatic rings. The molecular weight excluding hydrogens is 960 g/mol. The molecule has 3 heterocycles. The lowest BCUT2D eigenvalue weighted by Crippen LogP contribution is -2.25. The minimum Gasteiger partial charge on any atom is -0.457 e. The minimum atomic E-state index is -2.22. The number of nitrogens with zero attached hydrogens (tertiary/aromatic N) is 4. The number of para-hydroxylation sites is 3. The largest absolute Gasteiger partial charge is 0.457 e. The minimum absolute atomic E-state index is 0.0840. The number of anilines is 4. The summed E-state index contributed by atoms with van der Waals surface area (Å²) < 4.78 is 88.5. The quantitative estimate of drug-likeness (QED) is 0.0863. The first-order valence-electron chi connectivity index (χ1n) is 25.5. The molecular formula is C66H57F5N4O. The molecule has 0 unspecified atom stereocenters. The molecule has 0 amide bonds. The van der Waals surface area contributed by atoms with Gasteiger partial charge in [0.05, 0.1) is 33.7 Å². The first kappa shape index (κ1) is 49.9. The van der Waals surface area contributed by atoms with Crippen molar-refractivity contribution in [3.05, 3.63) is 216 Å². The van der Waals surface area contributed by atoms with Crippen LogP contribution in [0, 0.1) is 29.1 Å². The molecule has 1 aliphatic rings. The number of hydrogen-bond acceptors (Lipinski definition) is 4. The van der Waals surface area contributed by atoms with Gasteiger partial charge < -0.3 is 14.5 Å². The smallest absolute Gasteiger partial charge is 0.200 e. The van der Waals surface area contributed by atoms with Gasteiger partial charge in [0.2, 0.25) is 5.82 Å². The Labute approximate surface area is 440 Å². The van der Waals surface area contributed by atoms with Crippen LogP contribution in [0.25, 0.3) is 61.0 Å². The highest BCUT2D eigenvalue weighted by Crippen LogP contribution is 2.53. The Balaban J connectivity index is 1.08. The number of halogens is 5. The zero-order valence-electron chi connectivity index (χ0n) is 44.0. The van der Waals surface area contributed by atoms with Crippen LogP contribution < -0.4 is 14.5 Å². The molecule has 8 aromatic carbocycles. The van der Waals surface area contributed by atoms with Crippen LogP contribution in [-0.2, 0) is 16.2 Å². The predicted molar refractivity (Wildman–Crippen MR) is 299 cm³/mol. The third kappa shape index (κ3) is 8.83. The number of rotatable bonds is 8. The number of ether oxygens (including phenoxy) is 1. The molecule has 11 rings (SSSR count). The van der Waals surface area contributed by atoms with Gasteiger partial charge >= 0.3 is 0 Å². The van der Waals surface area contributed by atoms with E-state index in [1.165, 1.54) is 6.07 Å². The van der Waals surface area contributed by atoms with Crippen molar-refractivity contribution in [2.45, 2.75) is 78.6 Å². The standard InChI is InChI=1S/C66H57F5N4O/c1-64(2,3)42-28-29-72-56(35-42)75-52-23-14-13-22-48(52)49-27-26-47(37-55(49)75)76-46-21-17-20-45(36-46)73-38-74(54-25-16-15-24-53(54)73)63-50(41-30-43(65(4,5)6)34-44(31-41)66(7,8)9)32-40(39-18-11-10-12-19-39)33-51(63)57-58(67)60(69)62(71)61(70)59(57)68/h10-37H,38H2,1-9H3. The van der Waals surface area contributed by atoms with Gasteiger partial charge in [-0.25, -0.2) is 26.9 Å². The fourth-order valence-corrected chi connectivity index (χ4v) is 10.4. The summed E-state index contributed by atoms with van der Waals surface area (Å²) in [6.45, 7) is 19.4. The molecule has 0 fully saturated rings. The van der Waals surface area contributed by atoms with E-state index < -0.39 is 34.6 Å². The van der Waals surface area contributed by atoms with E-state index in [4.69, 9.17) is 9.72 Å². The fraction of sp³-hybridized carbons (Fsp3) is 0.197. The lowest BCUT2D eigenvalue weighted by molar-refractivity contribution is 0.381. The molecule has 5 nitrogen and oxygen atoms in total. The Morgan fingerprint density at radius 3 is 1.68 bits per heavy atom. The molecule has 0 N–H and O–H groups in total. The summed E-state index contributed by atoms with van der Waals surface area (Å²) in [5.74, 6) is -8.17. The van der Waals surface area contributed by atoms with Gasteiger partial charge in [-0.15, -0.1) is 0 Å². The van der Waals surface area contributed by atoms with Crippen LogP contribution in [0.15, 0.2) is 170 Å². The van der Waals surface area contributed by atoms with Crippen molar-refractivity contribution in [1.29, 1.82) is 0 Å². The molecule has 76 heavy (non-hydrogen) atoms. The summed E-state index contributed by atoms with van der Waals surface area (Å²) >= 11 is 0. The number of hydrogen-bond donors (Lipinski definition) is 0. The van der Waals surface area contributed by atoms with Crippen LogP contribution in [0.4, 0.5) is 44.7 Å². The van der Waals surface area contributed by atoms with Crippen LogP contribution in [0.2, 0.25) is 0 Å². The van der Waals surface area contributed by atoms with E-state index in [9.17, 15) is 4.39 Å². The van der Waals surface area contributed by atoms with E-state index in [2.05, 4.69) is 120 Å². The summed E-state index contributed by atoms with van der Waals surface area (Å²) in [7, 11) is 0. The van der Waals surface area contributed by atoms with Crippen molar-refractivity contribution in [3.63, 3.8) is 0 Å². The van der Waals surface area contributed by atoms with E-state index in [1.807, 2.05) is 120 Å². The zero-order valence-corrected chi connectivity index (χ0v) is 44.0. The van der Waals surface area contributed by atoms with Crippen molar-refractivity contribution in [2.24, 2.45) is 0 Å². The van der Waals surface area contributed by atoms with Crippen molar-refractivity contribution >= 4 is 44.6 Å². The maximum atomic E-state index is 16.7.